The zero-order valence-electron chi connectivity index (χ0n) is 14.9. The second-order valence-electron chi connectivity index (χ2n) is 6.16. The second kappa shape index (κ2) is 9.47. The fourth-order valence-electron chi connectivity index (χ4n) is 2.71. The van der Waals surface area contributed by atoms with Gasteiger partial charge in [0.15, 0.2) is 0 Å². The lowest BCUT2D eigenvalue weighted by atomic mass is 9.99. The highest BCUT2D eigenvalue weighted by molar-refractivity contribution is 5.86. The highest BCUT2D eigenvalue weighted by atomic mass is 19.1. The number of carboxylic acids is 1. The van der Waals surface area contributed by atoms with Crippen LogP contribution in [0.3, 0.4) is 0 Å². The Bertz CT molecular complexity index is 838. The van der Waals surface area contributed by atoms with E-state index in [2.05, 4.69) is 10.6 Å². The second-order valence-corrected chi connectivity index (χ2v) is 6.16. The molecule has 2 amide bonds. The number of amides is 2. The molecule has 0 aromatic heterocycles. The van der Waals surface area contributed by atoms with Crippen LogP contribution < -0.4 is 10.6 Å². The maximum atomic E-state index is 13.1. The van der Waals surface area contributed by atoms with Crippen molar-refractivity contribution in [2.75, 3.05) is 6.54 Å². The minimum absolute atomic E-state index is 0.0542. The number of benzene rings is 2. The van der Waals surface area contributed by atoms with E-state index in [1.807, 2.05) is 19.1 Å². The molecule has 1 unspecified atom stereocenters. The van der Waals surface area contributed by atoms with Crippen molar-refractivity contribution in [3.63, 3.8) is 0 Å². The Morgan fingerprint density at radius 1 is 1.07 bits per heavy atom. The Hall–Kier alpha value is -3.22. The molecule has 0 heterocycles. The lowest BCUT2D eigenvalue weighted by Gasteiger charge is -2.19. The van der Waals surface area contributed by atoms with Gasteiger partial charge in [-0.25, -0.2) is 4.39 Å². The third kappa shape index (κ3) is 6.54. The van der Waals surface area contributed by atoms with Crippen molar-refractivity contribution in [3.05, 3.63) is 71.0 Å². The molecule has 3 N–H and O–H groups in total. The van der Waals surface area contributed by atoms with Crippen LogP contribution in [0.2, 0.25) is 0 Å². The Labute approximate surface area is 156 Å². The first kappa shape index (κ1) is 20.1. The van der Waals surface area contributed by atoms with Crippen LogP contribution in [0.1, 0.15) is 29.2 Å². The van der Waals surface area contributed by atoms with Gasteiger partial charge in [-0.15, -0.1) is 0 Å². The van der Waals surface area contributed by atoms with Gasteiger partial charge >= 0.3 is 5.97 Å². The van der Waals surface area contributed by atoms with Crippen LogP contribution in [0, 0.1) is 12.7 Å². The first-order valence-electron chi connectivity index (χ1n) is 8.43. The molecular formula is C20H21FN2O4. The van der Waals surface area contributed by atoms with Crippen LogP contribution >= 0.6 is 0 Å². The molecule has 0 aliphatic rings. The molecule has 6 nitrogen and oxygen atoms in total. The van der Waals surface area contributed by atoms with Gasteiger partial charge in [-0.3, -0.25) is 14.4 Å². The minimum atomic E-state index is -1.04. The smallest absolute Gasteiger partial charge is 0.305 e. The molecule has 0 aliphatic heterocycles. The zero-order chi connectivity index (χ0) is 19.8. The van der Waals surface area contributed by atoms with E-state index < -0.39 is 29.6 Å². The van der Waals surface area contributed by atoms with Crippen LogP contribution in [-0.2, 0) is 20.8 Å². The summed E-state index contributed by atoms with van der Waals surface area (Å²) in [6.07, 6.45) is -0.324. The lowest BCUT2D eigenvalue weighted by molar-refractivity contribution is -0.138. The summed E-state index contributed by atoms with van der Waals surface area (Å²) in [6.45, 7) is 1.53. The van der Waals surface area contributed by atoms with E-state index in [0.29, 0.717) is 11.1 Å². The van der Waals surface area contributed by atoms with Crippen LogP contribution in [0.25, 0.3) is 0 Å². The van der Waals surface area contributed by atoms with E-state index in [9.17, 15) is 18.8 Å². The molecule has 2 aromatic rings. The van der Waals surface area contributed by atoms with Crippen molar-refractivity contribution in [1.29, 1.82) is 0 Å². The molecule has 0 aliphatic carbocycles. The fourth-order valence-corrected chi connectivity index (χ4v) is 2.71. The number of aryl methyl sites for hydroxylation is 1. The van der Waals surface area contributed by atoms with Gasteiger partial charge in [-0.2, -0.15) is 0 Å². The third-order valence-electron chi connectivity index (χ3n) is 3.98. The van der Waals surface area contributed by atoms with Crippen molar-refractivity contribution in [1.82, 2.24) is 10.6 Å². The summed E-state index contributed by atoms with van der Waals surface area (Å²) in [5.74, 6) is -2.41. The van der Waals surface area contributed by atoms with E-state index in [-0.39, 0.29) is 19.4 Å². The highest BCUT2D eigenvalue weighted by Gasteiger charge is 2.19. The molecule has 2 rings (SSSR count). The van der Waals surface area contributed by atoms with Gasteiger partial charge in [0.05, 0.1) is 25.4 Å². The number of carboxylic acid groups (broad SMARTS) is 1. The monoisotopic (exact) mass is 372 g/mol. The van der Waals surface area contributed by atoms with Crippen molar-refractivity contribution >= 4 is 17.8 Å². The summed E-state index contributed by atoms with van der Waals surface area (Å²) in [7, 11) is 0. The maximum Gasteiger partial charge on any atom is 0.305 e. The molecule has 7 heteroatoms. The molecule has 0 radical (unpaired) electrons. The molecule has 0 bridgehead atoms. The average molecular weight is 372 g/mol. The molecule has 1 atom stereocenters. The molecule has 0 saturated carbocycles. The van der Waals surface area contributed by atoms with Gasteiger partial charge in [-0.05, 0) is 35.7 Å². The number of carbonyl (C=O) groups excluding carboxylic acids is 2. The number of hydrogen-bond acceptors (Lipinski definition) is 3. The summed E-state index contributed by atoms with van der Waals surface area (Å²) >= 11 is 0. The summed E-state index contributed by atoms with van der Waals surface area (Å²) in [5, 5.41) is 14.2. The Morgan fingerprint density at radius 2 is 1.81 bits per heavy atom. The van der Waals surface area contributed by atoms with Crippen molar-refractivity contribution < 1.29 is 23.9 Å². The molecule has 27 heavy (non-hydrogen) atoms. The predicted molar refractivity (Wildman–Crippen MR) is 97.4 cm³/mol. The van der Waals surface area contributed by atoms with Crippen LogP contribution in [-0.4, -0.2) is 29.4 Å². The Kier molecular flexibility index (Phi) is 7.05. The van der Waals surface area contributed by atoms with Crippen molar-refractivity contribution in [2.24, 2.45) is 0 Å². The summed E-state index contributed by atoms with van der Waals surface area (Å²) < 4.78 is 13.1. The quantitative estimate of drug-likeness (QED) is 0.661. The normalized spacial score (nSPS) is 11.5. The number of nitrogens with one attached hydrogen (secondary N) is 2. The fraction of sp³-hybridized carbons (Fsp3) is 0.250. The molecule has 142 valence electrons. The molecule has 2 aromatic carbocycles. The first-order valence-corrected chi connectivity index (χ1v) is 8.43. The van der Waals surface area contributed by atoms with E-state index in [0.717, 1.165) is 5.56 Å². The van der Waals surface area contributed by atoms with Crippen molar-refractivity contribution in [3.8, 4) is 0 Å². The number of halogens is 1. The lowest BCUT2D eigenvalue weighted by Crippen LogP contribution is -2.39. The van der Waals surface area contributed by atoms with E-state index >= 15 is 0 Å². The zero-order valence-corrected chi connectivity index (χ0v) is 14.9. The molecular weight excluding hydrogens is 351 g/mol. The molecule has 0 saturated heterocycles. The molecule has 0 fully saturated rings. The van der Waals surface area contributed by atoms with Gasteiger partial charge < -0.3 is 15.7 Å². The topological polar surface area (TPSA) is 95.5 Å². The van der Waals surface area contributed by atoms with Crippen molar-refractivity contribution in [2.45, 2.75) is 25.8 Å². The minimum Gasteiger partial charge on any atom is -0.481 e. The Balaban J connectivity index is 1.92. The maximum absolute atomic E-state index is 13.1. The number of rotatable bonds is 8. The predicted octanol–water partition coefficient (Wildman–Crippen LogP) is 2.13. The number of carbonyl (C=O) groups is 3. The van der Waals surface area contributed by atoms with Crippen LogP contribution in [0.4, 0.5) is 4.39 Å². The first-order chi connectivity index (χ1) is 12.8. The average Bonchev–Trinajstić information content (AvgIpc) is 2.59. The van der Waals surface area contributed by atoms with Gasteiger partial charge in [0.2, 0.25) is 11.8 Å². The van der Waals surface area contributed by atoms with E-state index in [4.69, 9.17) is 5.11 Å². The number of hydrogen-bond donors (Lipinski definition) is 3. The van der Waals surface area contributed by atoms with Crippen LogP contribution in [0.5, 0.6) is 0 Å². The third-order valence-corrected chi connectivity index (χ3v) is 3.98. The van der Waals surface area contributed by atoms with Gasteiger partial charge in [-0.1, -0.05) is 36.4 Å². The van der Waals surface area contributed by atoms with Crippen LogP contribution in [0.15, 0.2) is 48.5 Å². The number of aliphatic carboxylic acids is 1. The molecule has 0 spiro atoms. The van der Waals surface area contributed by atoms with E-state index in [1.165, 1.54) is 18.2 Å². The summed E-state index contributed by atoms with van der Waals surface area (Å²) in [5.41, 5.74) is 2.06. The van der Waals surface area contributed by atoms with Gasteiger partial charge in [0.25, 0.3) is 0 Å². The van der Waals surface area contributed by atoms with Gasteiger partial charge in [0.1, 0.15) is 5.82 Å². The summed E-state index contributed by atoms with van der Waals surface area (Å²) in [4.78, 5) is 35.2. The van der Waals surface area contributed by atoms with E-state index in [1.54, 1.807) is 18.2 Å². The standard InChI is InChI=1S/C20H21FN2O4/c1-13-5-2-3-8-16(13)17(11-20(26)27)23-19(25)12-22-18(24)10-14-6-4-7-15(21)9-14/h2-9,17H,10-12H2,1H3,(H,22,24)(H,23,25)(H,26,27). The Morgan fingerprint density at radius 3 is 2.48 bits per heavy atom. The SMILES string of the molecule is Cc1ccccc1C(CC(=O)O)NC(=O)CNC(=O)Cc1cccc(F)c1. The summed E-state index contributed by atoms with van der Waals surface area (Å²) in [6, 6.07) is 12.1. The van der Waals surface area contributed by atoms with Gasteiger partial charge in [0, 0.05) is 0 Å². The highest BCUT2D eigenvalue weighted by Crippen LogP contribution is 2.20. The largest absolute Gasteiger partial charge is 0.481 e.